The van der Waals surface area contributed by atoms with Crippen LogP contribution >= 0.6 is 23.2 Å². The highest BCUT2D eigenvalue weighted by Gasteiger charge is 2.33. The van der Waals surface area contributed by atoms with E-state index in [-0.39, 0.29) is 21.5 Å². The van der Waals surface area contributed by atoms with E-state index in [0.717, 1.165) is 12.8 Å². The number of nitrogens with one attached hydrogen (secondary N) is 3. The van der Waals surface area contributed by atoms with E-state index in [0.29, 0.717) is 40.6 Å². The average Bonchev–Trinajstić information content (AvgIpc) is 3.19. The lowest BCUT2D eigenvalue weighted by Crippen LogP contribution is -2.53. The SMILES string of the molecule is CCCC1CNCCN1S(=O)(=O)c1ccc(S(=O)(=O)Nc2ccc(Cl)c3c(Cl)c[nH]c23)cc1. The molecular weight excluding hydrogens is 507 g/mol. The third kappa shape index (κ3) is 4.73. The molecule has 0 spiro atoms. The summed E-state index contributed by atoms with van der Waals surface area (Å²) in [5.74, 6) is 0. The average molecular weight is 531 g/mol. The van der Waals surface area contributed by atoms with Crippen molar-refractivity contribution in [3.8, 4) is 0 Å². The quantitative estimate of drug-likeness (QED) is 0.426. The fraction of sp³-hybridized carbons (Fsp3) is 0.333. The molecule has 0 bridgehead atoms. The Balaban J connectivity index is 1.61. The predicted octanol–water partition coefficient (Wildman–Crippen LogP) is 4.04. The summed E-state index contributed by atoms with van der Waals surface area (Å²) in [5.41, 5.74) is 0.733. The number of benzene rings is 2. The van der Waals surface area contributed by atoms with Crippen molar-refractivity contribution in [3.63, 3.8) is 0 Å². The Kier molecular flexibility index (Phi) is 6.95. The monoisotopic (exact) mass is 530 g/mol. The van der Waals surface area contributed by atoms with Gasteiger partial charge in [-0.15, -0.1) is 0 Å². The summed E-state index contributed by atoms with van der Waals surface area (Å²) in [5, 5.41) is 4.51. The second kappa shape index (κ2) is 9.44. The molecule has 33 heavy (non-hydrogen) atoms. The Morgan fingerprint density at radius 2 is 1.73 bits per heavy atom. The van der Waals surface area contributed by atoms with Gasteiger partial charge in [0.15, 0.2) is 0 Å². The maximum atomic E-state index is 13.2. The number of anilines is 1. The first-order valence-electron chi connectivity index (χ1n) is 10.5. The summed E-state index contributed by atoms with van der Waals surface area (Å²) < 4.78 is 56.4. The first-order valence-corrected chi connectivity index (χ1v) is 14.1. The van der Waals surface area contributed by atoms with Crippen LogP contribution in [0.3, 0.4) is 0 Å². The molecule has 1 fully saturated rings. The normalized spacial score (nSPS) is 18.0. The van der Waals surface area contributed by atoms with Crippen molar-refractivity contribution in [2.75, 3.05) is 24.4 Å². The number of sulfonamides is 2. The predicted molar refractivity (Wildman–Crippen MR) is 131 cm³/mol. The second-order valence-electron chi connectivity index (χ2n) is 7.82. The van der Waals surface area contributed by atoms with Gasteiger partial charge in [0.2, 0.25) is 10.0 Å². The maximum absolute atomic E-state index is 13.2. The van der Waals surface area contributed by atoms with Gasteiger partial charge in [-0.2, -0.15) is 4.31 Å². The number of piperazine rings is 1. The molecule has 178 valence electrons. The number of halogens is 2. The molecule has 0 aliphatic carbocycles. The van der Waals surface area contributed by atoms with Crippen LogP contribution in [0.15, 0.2) is 52.4 Å². The van der Waals surface area contributed by atoms with E-state index >= 15 is 0 Å². The molecule has 12 heteroatoms. The molecule has 4 rings (SSSR count). The molecule has 2 heterocycles. The lowest BCUT2D eigenvalue weighted by atomic mass is 10.1. The van der Waals surface area contributed by atoms with Crippen molar-refractivity contribution in [1.82, 2.24) is 14.6 Å². The Morgan fingerprint density at radius 1 is 1.03 bits per heavy atom. The largest absolute Gasteiger partial charge is 0.358 e. The summed E-state index contributed by atoms with van der Waals surface area (Å²) >= 11 is 12.3. The highest BCUT2D eigenvalue weighted by atomic mass is 35.5. The van der Waals surface area contributed by atoms with E-state index in [1.165, 1.54) is 40.8 Å². The first-order chi connectivity index (χ1) is 15.6. The number of aromatic amines is 1. The molecule has 1 aliphatic heterocycles. The number of fused-ring (bicyclic) bond motifs is 1. The van der Waals surface area contributed by atoms with Crippen molar-refractivity contribution in [1.29, 1.82) is 0 Å². The van der Waals surface area contributed by atoms with Crippen LogP contribution in [0.5, 0.6) is 0 Å². The van der Waals surface area contributed by atoms with Gasteiger partial charge in [0, 0.05) is 37.3 Å². The lowest BCUT2D eigenvalue weighted by Gasteiger charge is -2.35. The zero-order valence-corrected chi connectivity index (χ0v) is 21.0. The van der Waals surface area contributed by atoms with Crippen LogP contribution in [0.2, 0.25) is 10.0 Å². The minimum Gasteiger partial charge on any atom is -0.358 e. The van der Waals surface area contributed by atoms with Crippen LogP contribution in [0.4, 0.5) is 5.69 Å². The van der Waals surface area contributed by atoms with Gasteiger partial charge >= 0.3 is 0 Å². The molecular formula is C21H24Cl2N4O4S2. The van der Waals surface area contributed by atoms with Gasteiger partial charge in [0.1, 0.15) is 0 Å². The van der Waals surface area contributed by atoms with Crippen LogP contribution in [0.25, 0.3) is 10.9 Å². The minimum atomic E-state index is -3.99. The van der Waals surface area contributed by atoms with Crippen LogP contribution in [0.1, 0.15) is 19.8 Å². The van der Waals surface area contributed by atoms with Gasteiger partial charge in [0.25, 0.3) is 10.0 Å². The van der Waals surface area contributed by atoms with E-state index in [1.807, 2.05) is 6.92 Å². The second-order valence-corrected chi connectivity index (χ2v) is 12.2. The minimum absolute atomic E-state index is 0.0624. The molecule has 3 N–H and O–H groups in total. The fourth-order valence-corrected chi connectivity index (χ4v) is 7.31. The van der Waals surface area contributed by atoms with Crippen molar-refractivity contribution in [3.05, 3.63) is 52.6 Å². The van der Waals surface area contributed by atoms with Gasteiger partial charge in [0.05, 0.1) is 31.0 Å². The molecule has 0 radical (unpaired) electrons. The van der Waals surface area contributed by atoms with E-state index in [4.69, 9.17) is 23.2 Å². The number of H-pyrrole nitrogens is 1. The third-order valence-corrected chi connectivity index (χ3v) is 9.60. The molecule has 0 amide bonds. The first kappa shape index (κ1) is 24.3. The Labute approximate surface area is 203 Å². The van der Waals surface area contributed by atoms with E-state index in [9.17, 15) is 16.8 Å². The Bertz CT molecular complexity index is 1370. The van der Waals surface area contributed by atoms with Crippen molar-refractivity contribution < 1.29 is 16.8 Å². The van der Waals surface area contributed by atoms with Gasteiger partial charge in [-0.3, -0.25) is 4.72 Å². The lowest BCUT2D eigenvalue weighted by molar-refractivity contribution is 0.254. The van der Waals surface area contributed by atoms with E-state index in [2.05, 4.69) is 15.0 Å². The van der Waals surface area contributed by atoms with Crippen molar-refractivity contribution in [2.45, 2.75) is 35.6 Å². The summed E-state index contributed by atoms with van der Waals surface area (Å²) in [6.45, 7) is 3.57. The smallest absolute Gasteiger partial charge is 0.261 e. The van der Waals surface area contributed by atoms with Crippen LogP contribution < -0.4 is 10.0 Å². The summed E-state index contributed by atoms with van der Waals surface area (Å²) in [7, 11) is -7.73. The molecule has 1 atom stereocenters. The third-order valence-electron chi connectivity index (χ3n) is 5.64. The van der Waals surface area contributed by atoms with Crippen LogP contribution in [-0.4, -0.2) is 51.8 Å². The Morgan fingerprint density at radius 3 is 2.42 bits per heavy atom. The van der Waals surface area contributed by atoms with Gasteiger partial charge in [-0.1, -0.05) is 36.5 Å². The van der Waals surface area contributed by atoms with Crippen LogP contribution in [-0.2, 0) is 20.0 Å². The highest BCUT2D eigenvalue weighted by Crippen LogP contribution is 2.35. The van der Waals surface area contributed by atoms with Gasteiger partial charge in [-0.25, -0.2) is 16.8 Å². The molecule has 1 aliphatic rings. The molecule has 3 aromatic rings. The highest BCUT2D eigenvalue weighted by molar-refractivity contribution is 7.92. The summed E-state index contributed by atoms with van der Waals surface area (Å²) in [6, 6.07) is 8.21. The van der Waals surface area contributed by atoms with Gasteiger partial charge < -0.3 is 10.3 Å². The van der Waals surface area contributed by atoms with Gasteiger partial charge in [-0.05, 0) is 42.8 Å². The molecule has 1 aromatic heterocycles. The van der Waals surface area contributed by atoms with Crippen LogP contribution in [0, 0.1) is 0 Å². The van der Waals surface area contributed by atoms with Crippen molar-refractivity contribution in [2.24, 2.45) is 0 Å². The number of hydrogen-bond acceptors (Lipinski definition) is 5. The summed E-state index contributed by atoms with van der Waals surface area (Å²) in [6.07, 6.45) is 3.14. The molecule has 8 nitrogen and oxygen atoms in total. The van der Waals surface area contributed by atoms with E-state index < -0.39 is 20.0 Å². The Hall–Kier alpha value is -1.82. The zero-order chi connectivity index (χ0) is 23.8. The van der Waals surface area contributed by atoms with Crippen molar-refractivity contribution >= 4 is 59.8 Å². The number of nitrogens with zero attached hydrogens (tertiary/aromatic N) is 1. The molecule has 0 saturated carbocycles. The topological polar surface area (TPSA) is 111 Å². The number of hydrogen-bond donors (Lipinski definition) is 3. The summed E-state index contributed by atoms with van der Waals surface area (Å²) in [4.78, 5) is 2.92. The molecule has 1 saturated heterocycles. The standard InChI is InChI=1S/C21H24Cl2N4O4S2/c1-2-3-14-12-24-10-11-27(14)33(30,31)16-6-4-15(5-7-16)32(28,29)26-19-9-8-17(22)20-18(23)13-25-21(19)20/h4-9,13-14,24-26H,2-3,10-12H2,1H3. The molecule has 2 aromatic carbocycles. The zero-order valence-electron chi connectivity index (χ0n) is 17.8. The number of rotatable bonds is 7. The van der Waals surface area contributed by atoms with E-state index in [1.54, 1.807) is 6.07 Å². The maximum Gasteiger partial charge on any atom is 0.261 e. The fourth-order valence-electron chi connectivity index (χ4n) is 4.02. The molecule has 1 unspecified atom stereocenters. The number of aromatic nitrogens is 1.